The lowest BCUT2D eigenvalue weighted by molar-refractivity contribution is -0.138. The number of rotatable bonds is 22. The first-order valence-electron chi connectivity index (χ1n) is 17.6. The van der Waals surface area contributed by atoms with E-state index in [4.69, 9.17) is 33.2 Å². The van der Waals surface area contributed by atoms with Crippen molar-refractivity contribution in [2.75, 3.05) is 26.4 Å². The van der Waals surface area contributed by atoms with Gasteiger partial charge < -0.3 is 33.2 Å². The fourth-order valence-corrected chi connectivity index (χ4v) is 4.71. The van der Waals surface area contributed by atoms with Crippen LogP contribution in [0.5, 0.6) is 28.7 Å². The average Bonchev–Trinajstić information content (AvgIpc) is 3.21. The van der Waals surface area contributed by atoms with Gasteiger partial charge in [0.2, 0.25) is 0 Å². The van der Waals surface area contributed by atoms with Gasteiger partial charge in [-0.3, -0.25) is 0 Å². The van der Waals surface area contributed by atoms with Gasteiger partial charge >= 0.3 is 29.8 Å². The highest BCUT2D eigenvalue weighted by atomic mass is 16.6. The Hall–Kier alpha value is -6.69. The number of benzene rings is 4. The van der Waals surface area contributed by atoms with E-state index in [0.29, 0.717) is 55.3 Å². The quantitative estimate of drug-likeness (QED) is 0.0333. The SMILES string of the molecule is C=CC(=O)OCCCCCCOc1ccc(C(=O)Oc2ccc(OC(=O)c3ccc(OC(=O)c4ccc(OCCCCOC(=O)C=C)cc4)cc3)cc2)cc1. The summed E-state index contributed by atoms with van der Waals surface area (Å²) in [5.74, 6) is -0.713. The van der Waals surface area contributed by atoms with Crippen molar-refractivity contribution in [2.45, 2.75) is 38.5 Å². The van der Waals surface area contributed by atoms with E-state index in [0.717, 1.165) is 37.8 Å². The molecular weight excluding hydrogens is 708 g/mol. The summed E-state index contributed by atoms with van der Waals surface area (Å²) < 4.78 is 37.6. The molecule has 0 N–H and O–H groups in total. The van der Waals surface area contributed by atoms with E-state index in [1.54, 1.807) is 48.5 Å². The first kappa shape index (κ1) is 41.1. The molecule has 0 aromatic heterocycles. The van der Waals surface area contributed by atoms with E-state index in [1.807, 2.05) is 0 Å². The summed E-state index contributed by atoms with van der Waals surface area (Å²) in [5.41, 5.74) is 0.877. The van der Waals surface area contributed by atoms with Crippen LogP contribution in [0.25, 0.3) is 0 Å². The summed E-state index contributed by atoms with van der Waals surface area (Å²) in [7, 11) is 0. The molecule has 12 nitrogen and oxygen atoms in total. The van der Waals surface area contributed by atoms with Crippen LogP contribution < -0.4 is 23.7 Å². The number of carbonyl (C=O) groups is 5. The van der Waals surface area contributed by atoms with Gasteiger partial charge in [0, 0.05) is 12.2 Å². The number of hydrogen-bond acceptors (Lipinski definition) is 12. The second kappa shape index (κ2) is 22.4. The van der Waals surface area contributed by atoms with Crippen molar-refractivity contribution in [1.82, 2.24) is 0 Å². The van der Waals surface area contributed by atoms with E-state index in [1.165, 1.54) is 48.5 Å². The standard InChI is InChI=1S/C43H42O12/c1-3-39(44)51-29-8-6-5-7-27-49-34-17-11-32(12-18-34)42(47)54-37-23-25-38(26-24-37)55-43(48)33-15-21-36(22-16-33)53-41(46)31-13-19-35(20-14-31)50-28-9-10-30-52-40(45)4-2/h3-4,11-26H,1-2,5-10,27-30H2. The molecule has 0 aliphatic carbocycles. The zero-order valence-electron chi connectivity index (χ0n) is 30.3. The van der Waals surface area contributed by atoms with Crippen molar-refractivity contribution in [1.29, 1.82) is 0 Å². The number of ether oxygens (including phenoxy) is 7. The Morgan fingerprint density at radius 1 is 0.382 bits per heavy atom. The summed E-state index contributed by atoms with van der Waals surface area (Å²) in [6.07, 6.45) is 7.04. The normalized spacial score (nSPS) is 10.3. The molecule has 0 unspecified atom stereocenters. The Bertz CT molecular complexity index is 1880. The van der Waals surface area contributed by atoms with Crippen molar-refractivity contribution >= 4 is 29.8 Å². The van der Waals surface area contributed by atoms with Gasteiger partial charge in [-0.05, 0) is 136 Å². The Morgan fingerprint density at radius 2 is 0.655 bits per heavy atom. The third-order valence-electron chi connectivity index (χ3n) is 7.66. The molecule has 0 saturated carbocycles. The molecule has 0 aliphatic heterocycles. The Balaban J connectivity index is 1.14. The van der Waals surface area contributed by atoms with Crippen LogP contribution in [-0.4, -0.2) is 56.3 Å². The minimum atomic E-state index is -0.634. The minimum Gasteiger partial charge on any atom is -0.494 e. The smallest absolute Gasteiger partial charge is 0.343 e. The van der Waals surface area contributed by atoms with Gasteiger partial charge in [-0.15, -0.1) is 0 Å². The fourth-order valence-electron chi connectivity index (χ4n) is 4.71. The van der Waals surface area contributed by atoms with Crippen LogP contribution in [0.3, 0.4) is 0 Å². The predicted octanol–water partition coefficient (Wildman–Crippen LogP) is 7.90. The lowest BCUT2D eigenvalue weighted by Crippen LogP contribution is -2.10. The van der Waals surface area contributed by atoms with Crippen LogP contribution in [0.4, 0.5) is 0 Å². The lowest BCUT2D eigenvalue weighted by atomic mass is 10.2. The van der Waals surface area contributed by atoms with Crippen molar-refractivity contribution < 1.29 is 57.1 Å². The van der Waals surface area contributed by atoms with Crippen molar-refractivity contribution in [3.63, 3.8) is 0 Å². The molecule has 55 heavy (non-hydrogen) atoms. The Kier molecular flexibility index (Phi) is 16.7. The van der Waals surface area contributed by atoms with Gasteiger partial charge in [0.05, 0.1) is 43.1 Å². The monoisotopic (exact) mass is 750 g/mol. The van der Waals surface area contributed by atoms with E-state index >= 15 is 0 Å². The van der Waals surface area contributed by atoms with Gasteiger partial charge in [0.25, 0.3) is 0 Å². The fraction of sp³-hybridized carbons (Fsp3) is 0.233. The summed E-state index contributed by atoms with van der Waals surface area (Å²) in [4.78, 5) is 60.1. The molecule has 4 aromatic rings. The van der Waals surface area contributed by atoms with Crippen LogP contribution in [0.1, 0.15) is 69.6 Å². The summed E-state index contributed by atoms with van der Waals surface area (Å²) >= 11 is 0. The third kappa shape index (κ3) is 14.7. The molecule has 0 saturated heterocycles. The van der Waals surface area contributed by atoms with Crippen molar-refractivity contribution in [3.8, 4) is 28.7 Å². The number of carbonyl (C=O) groups excluding carboxylic acids is 5. The molecule has 0 amide bonds. The minimum absolute atomic E-state index is 0.229. The molecule has 0 fully saturated rings. The van der Waals surface area contributed by atoms with Crippen LogP contribution in [0, 0.1) is 0 Å². The zero-order valence-corrected chi connectivity index (χ0v) is 30.3. The Morgan fingerprint density at radius 3 is 1.00 bits per heavy atom. The average molecular weight is 751 g/mol. The largest absolute Gasteiger partial charge is 0.494 e. The molecule has 0 spiro atoms. The first-order chi connectivity index (χ1) is 26.7. The van der Waals surface area contributed by atoms with Crippen LogP contribution in [0.2, 0.25) is 0 Å². The molecule has 12 heteroatoms. The topological polar surface area (TPSA) is 150 Å². The second-order valence-electron chi connectivity index (χ2n) is 11.8. The van der Waals surface area contributed by atoms with Gasteiger partial charge in [0.15, 0.2) is 0 Å². The maximum atomic E-state index is 12.7. The highest BCUT2D eigenvalue weighted by Crippen LogP contribution is 2.22. The van der Waals surface area contributed by atoms with E-state index in [9.17, 15) is 24.0 Å². The molecule has 0 atom stereocenters. The summed E-state index contributed by atoms with van der Waals surface area (Å²) in [6.45, 7) is 8.30. The maximum absolute atomic E-state index is 12.7. The van der Waals surface area contributed by atoms with Crippen molar-refractivity contribution in [2.24, 2.45) is 0 Å². The van der Waals surface area contributed by atoms with Crippen molar-refractivity contribution in [3.05, 3.63) is 139 Å². The lowest BCUT2D eigenvalue weighted by Gasteiger charge is -2.09. The molecule has 0 aliphatic rings. The molecule has 0 radical (unpaired) electrons. The van der Waals surface area contributed by atoms with Crippen LogP contribution in [0.15, 0.2) is 122 Å². The van der Waals surface area contributed by atoms with E-state index < -0.39 is 29.8 Å². The highest BCUT2D eigenvalue weighted by Gasteiger charge is 2.14. The first-order valence-corrected chi connectivity index (χ1v) is 17.6. The maximum Gasteiger partial charge on any atom is 0.343 e. The highest BCUT2D eigenvalue weighted by molar-refractivity contribution is 5.93. The predicted molar refractivity (Wildman–Crippen MR) is 202 cm³/mol. The van der Waals surface area contributed by atoms with Crippen LogP contribution in [-0.2, 0) is 19.1 Å². The number of unbranched alkanes of at least 4 members (excludes halogenated alkanes) is 4. The van der Waals surface area contributed by atoms with Gasteiger partial charge in [-0.2, -0.15) is 0 Å². The van der Waals surface area contributed by atoms with Gasteiger partial charge in [0.1, 0.15) is 28.7 Å². The Labute approximate surface area is 319 Å². The van der Waals surface area contributed by atoms with Gasteiger partial charge in [-0.25, -0.2) is 24.0 Å². The molecule has 0 bridgehead atoms. The van der Waals surface area contributed by atoms with E-state index in [-0.39, 0.29) is 29.4 Å². The molecule has 0 heterocycles. The summed E-state index contributed by atoms with van der Waals surface area (Å²) in [6, 6.07) is 25.0. The molecular formula is C43H42O12. The van der Waals surface area contributed by atoms with Crippen LogP contribution >= 0.6 is 0 Å². The molecule has 4 rings (SSSR count). The second-order valence-corrected chi connectivity index (χ2v) is 11.8. The number of hydrogen-bond donors (Lipinski definition) is 0. The van der Waals surface area contributed by atoms with E-state index in [2.05, 4.69) is 13.2 Å². The summed E-state index contributed by atoms with van der Waals surface area (Å²) in [5, 5.41) is 0. The third-order valence-corrected chi connectivity index (χ3v) is 7.66. The zero-order chi connectivity index (χ0) is 39.3. The van der Waals surface area contributed by atoms with Gasteiger partial charge in [-0.1, -0.05) is 13.2 Å². The molecule has 4 aromatic carbocycles. The molecule has 286 valence electrons. The number of esters is 5.